The van der Waals surface area contributed by atoms with Gasteiger partial charge in [0.1, 0.15) is 12.6 Å². The molecule has 0 aromatic heterocycles. The summed E-state index contributed by atoms with van der Waals surface area (Å²) in [6.45, 7) is -0.276. The molecule has 19 heavy (non-hydrogen) atoms. The van der Waals surface area contributed by atoms with E-state index in [1.54, 1.807) is 24.3 Å². The molecule has 8 heteroatoms. The van der Waals surface area contributed by atoms with Gasteiger partial charge in [0.2, 0.25) is 5.91 Å². The summed E-state index contributed by atoms with van der Waals surface area (Å²) < 4.78 is 0. The number of carboxylic acids is 1. The Morgan fingerprint density at radius 1 is 1.42 bits per heavy atom. The van der Waals surface area contributed by atoms with E-state index in [4.69, 9.17) is 16.4 Å². The van der Waals surface area contributed by atoms with Crippen molar-refractivity contribution >= 4 is 17.6 Å². The quantitative estimate of drug-likeness (QED) is 0.398. The Balaban J connectivity index is 2.58. The first-order valence-electron chi connectivity index (χ1n) is 5.41. The molecule has 8 nitrogen and oxygen atoms in total. The average molecular weight is 263 g/mol. The van der Waals surface area contributed by atoms with E-state index >= 15 is 0 Å². The summed E-state index contributed by atoms with van der Waals surface area (Å²) in [4.78, 5) is 24.3. The van der Waals surface area contributed by atoms with Gasteiger partial charge in [0.15, 0.2) is 0 Å². The highest BCUT2D eigenvalue weighted by Crippen LogP contribution is 2.11. The fraction of sp³-hybridized carbons (Fsp3) is 0.273. The molecule has 0 unspecified atom stereocenters. The largest absolute Gasteiger partial charge is 0.480 e. The second kappa shape index (κ2) is 7.00. The van der Waals surface area contributed by atoms with Crippen LogP contribution in [-0.2, 0) is 16.0 Å². The van der Waals surface area contributed by atoms with E-state index in [2.05, 4.69) is 15.3 Å². The smallest absolute Gasteiger partial charge is 0.320 e. The van der Waals surface area contributed by atoms with Crippen LogP contribution in [0.15, 0.2) is 29.4 Å². The zero-order chi connectivity index (χ0) is 14.3. The lowest BCUT2D eigenvalue weighted by Gasteiger charge is -2.08. The minimum Gasteiger partial charge on any atom is -0.480 e. The van der Waals surface area contributed by atoms with Gasteiger partial charge in [-0.05, 0) is 29.6 Å². The molecule has 0 spiro atoms. The first kappa shape index (κ1) is 14.5. The van der Waals surface area contributed by atoms with Gasteiger partial charge in [0.25, 0.3) is 0 Å². The molecule has 1 aromatic rings. The highest BCUT2D eigenvalue weighted by atomic mass is 16.4. The highest BCUT2D eigenvalue weighted by Gasteiger charge is 2.11. The predicted octanol–water partition coefficient (Wildman–Crippen LogP) is 0.890. The second-order valence-electron chi connectivity index (χ2n) is 3.78. The number of nitrogens with zero attached hydrogens (tertiary/aromatic N) is 3. The zero-order valence-corrected chi connectivity index (χ0v) is 9.98. The van der Waals surface area contributed by atoms with Crippen LogP contribution < -0.4 is 11.1 Å². The van der Waals surface area contributed by atoms with Crippen LogP contribution in [-0.4, -0.2) is 29.6 Å². The minimum absolute atomic E-state index is 0.211. The first-order valence-corrected chi connectivity index (χ1v) is 5.41. The van der Waals surface area contributed by atoms with Gasteiger partial charge in [0, 0.05) is 10.6 Å². The summed E-state index contributed by atoms with van der Waals surface area (Å²) in [6, 6.07) is 5.64. The lowest BCUT2D eigenvalue weighted by Crippen LogP contribution is -2.32. The number of carbonyl (C=O) groups excluding carboxylic acids is 1. The molecule has 1 aromatic carbocycles. The van der Waals surface area contributed by atoms with Crippen LogP contribution in [0.5, 0.6) is 0 Å². The molecule has 1 atom stereocenters. The molecule has 0 fully saturated rings. The molecule has 100 valence electrons. The van der Waals surface area contributed by atoms with Crippen molar-refractivity contribution in [3.05, 3.63) is 40.3 Å². The summed E-state index contributed by atoms with van der Waals surface area (Å²) in [5.41, 5.74) is 14.8. The predicted molar refractivity (Wildman–Crippen MR) is 68.4 cm³/mol. The number of benzene rings is 1. The van der Waals surface area contributed by atoms with E-state index in [-0.39, 0.29) is 13.0 Å². The summed E-state index contributed by atoms with van der Waals surface area (Å²) in [6.07, 6.45) is 0.211. The van der Waals surface area contributed by atoms with Gasteiger partial charge in [-0.1, -0.05) is 17.2 Å². The van der Waals surface area contributed by atoms with Crippen molar-refractivity contribution in [1.82, 2.24) is 0 Å². The Bertz CT molecular complexity index is 508. The fourth-order valence-electron chi connectivity index (χ4n) is 1.36. The Kier molecular flexibility index (Phi) is 5.34. The fourth-order valence-corrected chi connectivity index (χ4v) is 1.36. The van der Waals surface area contributed by atoms with Crippen molar-refractivity contribution in [2.24, 2.45) is 10.8 Å². The molecule has 4 N–H and O–H groups in total. The zero-order valence-electron chi connectivity index (χ0n) is 9.98. The molecular formula is C11H13N5O3. The molecule has 0 aliphatic heterocycles. The number of carboxylic acid groups (broad SMARTS) is 1. The maximum Gasteiger partial charge on any atom is 0.320 e. The summed E-state index contributed by atoms with van der Waals surface area (Å²) >= 11 is 0. The molecule has 0 saturated carbocycles. The van der Waals surface area contributed by atoms with E-state index < -0.39 is 17.9 Å². The van der Waals surface area contributed by atoms with Gasteiger partial charge >= 0.3 is 5.97 Å². The Morgan fingerprint density at radius 3 is 2.58 bits per heavy atom. The van der Waals surface area contributed by atoms with Crippen molar-refractivity contribution in [1.29, 1.82) is 0 Å². The van der Waals surface area contributed by atoms with E-state index in [1.807, 2.05) is 0 Å². The number of anilines is 1. The number of amides is 1. The van der Waals surface area contributed by atoms with Crippen LogP contribution >= 0.6 is 0 Å². The standard InChI is InChI=1S/C11H13N5O3/c12-9(11(18)19)5-7-1-3-8(4-2-7)15-10(17)6-14-16-13/h1-4,9H,5-6,12H2,(H,15,17)(H,18,19)/t9-/m0/s1. The SMILES string of the molecule is [N-]=[N+]=NCC(=O)Nc1ccc(C[C@H](N)C(=O)O)cc1. The summed E-state index contributed by atoms with van der Waals surface area (Å²) in [5, 5.41) is 14.3. The Morgan fingerprint density at radius 2 is 2.05 bits per heavy atom. The van der Waals surface area contributed by atoms with Gasteiger partial charge in [-0.2, -0.15) is 0 Å². The molecule has 0 radical (unpaired) electrons. The number of nitrogens with one attached hydrogen (secondary N) is 1. The minimum atomic E-state index is -1.06. The van der Waals surface area contributed by atoms with Gasteiger partial charge in [-0.15, -0.1) is 0 Å². The molecule has 1 amide bonds. The van der Waals surface area contributed by atoms with E-state index in [0.29, 0.717) is 5.69 Å². The maximum atomic E-state index is 11.2. The normalized spacial score (nSPS) is 11.2. The van der Waals surface area contributed by atoms with Crippen LogP contribution in [0.1, 0.15) is 5.56 Å². The number of hydrogen-bond donors (Lipinski definition) is 3. The van der Waals surface area contributed by atoms with Crippen LogP contribution in [0, 0.1) is 0 Å². The Labute approximate surface area is 108 Å². The van der Waals surface area contributed by atoms with Crippen molar-refractivity contribution in [3.63, 3.8) is 0 Å². The van der Waals surface area contributed by atoms with E-state index in [1.165, 1.54) is 0 Å². The van der Waals surface area contributed by atoms with Crippen LogP contribution in [0.25, 0.3) is 10.4 Å². The molecule has 0 saturated heterocycles. The third-order valence-electron chi connectivity index (χ3n) is 2.29. The van der Waals surface area contributed by atoms with Gasteiger partial charge in [0.05, 0.1) is 0 Å². The maximum absolute atomic E-state index is 11.2. The average Bonchev–Trinajstić information content (AvgIpc) is 2.38. The molecule has 0 aliphatic rings. The number of azide groups is 1. The van der Waals surface area contributed by atoms with Crippen LogP contribution in [0.3, 0.4) is 0 Å². The monoisotopic (exact) mass is 263 g/mol. The van der Waals surface area contributed by atoms with E-state index in [9.17, 15) is 9.59 Å². The van der Waals surface area contributed by atoms with Crippen LogP contribution in [0.4, 0.5) is 5.69 Å². The van der Waals surface area contributed by atoms with Crippen molar-refractivity contribution in [2.45, 2.75) is 12.5 Å². The lowest BCUT2D eigenvalue weighted by atomic mass is 10.1. The van der Waals surface area contributed by atoms with Crippen molar-refractivity contribution in [2.75, 3.05) is 11.9 Å². The van der Waals surface area contributed by atoms with Crippen molar-refractivity contribution < 1.29 is 14.7 Å². The van der Waals surface area contributed by atoms with Gasteiger partial charge < -0.3 is 16.2 Å². The Hall–Kier alpha value is -2.57. The molecule has 0 aliphatic carbocycles. The summed E-state index contributed by atoms with van der Waals surface area (Å²) in [7, 11) is 0. The highest BCUT2D eigenvalue weighted by molar-refractivity contribution is 5.92. The second-order valence-corrected chi connectivity index (χ2v) is 3.78. The number of hydrogen-bond acceptors (Lipinski definition) is 4. The van der Waals surface area contributed by atoms with Gasteiger partial charge in [-0.3, -0.25) is 9.59 Å². The molecule has 0 bridgehead atoms. The number of rotatable bonds is 6. The van der Waals surface area contributed by atoms with Gasteiger partial charge in [-0.25, -0.2) is 0 Å². The molecular weight excluding hydrogens is 250 g/mol. The molecule has 0 heterocycles. The first-order chi connectivity index (χ1) is 9.02. The lowest BCUT2D eigenvalue weighted by molar-refractivity contribution is -0.138. The third kappa shape index (κ3) is 5.07. The number of aliphatic carboxylic acids is 1. The topological polar surface area (TPSA) is 141 Å². The number of nitrogens with two attached hydrogens (primary N) is 1. The van der Waals surface area contributed by atoms with Crippen LogP contribution in [0.2, 0.25) is 0 Å². The summed E-state index contributed by atoms with van der Waals surface area (Å²) in [5.74, 6) is -1.49. The molecule has 1 rings (SSSR count). The third-order valence-corrected chi connectivity index (χ3v) is 2.29. The number of carbonyl (C=O) groups is 2. The van der Waals surface area contributed by atoms with E-state index in [0.717, 1.165) is 5.56 Å². The van der Waals surface area contributed by atoms with Crippen molar-refractivity contribution in [3.8, 4) is 0 Å².